The highest BCUT2D eigenvalue weighted by molar-refractivity contribution is 5.69. The van der Waals surface area contributed by atoms with Crippen LogP contribution in [0.4, 0.5) is 0 Å². The first kappa shape index (κ1) is 13.3. The van der Waals surface area contributed by atoms with Crippen LogP contribution in [0.15, 0.2) is 24.3 Å². The molecule has 3 nitrogen and oxygen atoms in total. The molecule has 92 valence electrons. The van der Waals surface area contributed by atoms with Gasteiger partial charge in [-0.1, -0.05) is 18.2 Å². The standard InChI is InChI=1S/C14H18O3/c1-4-5-12-10-11(6-8-13(12)16-2)7-9-14(15)17-3/h4-6,8,10H,7,9H2,1-3H3/b5-4+. The van der Waals surface area contributed by atoms with E-state index in [2.05, 4.69) is 4.74 Å². The molecule has 0 saturated carbocycles. The Morgan fingerprint density at radius 2 is 2.12 bits per heavy atom. The molecule has 0 bridgehead atoms. The van der Waals surface area contributed by atoms with Crippen LogP contribution in [0.3, 0.4) is 0 Å². The maximum absolute atomic E-state index is 11.1. The second-order valence-corrected chi connectivity index (χ2v) is 3.65. The predicted molar refractivity (Wildman–Crippen MR) is 68.0 cm³/mol. The molecule has 1 rings (SSSR count). The fraction of sp³-hybridized carbons (Fsp3) is 0.357. The third-order valence-corrected chi connectivity index (χ3v) is 2.49. The second kappa shape index (κ2) is 6.74. The van der Waals surface area contributed by atoms with Crippen molar-refractivity contribution in [3.63, 3.8) is 0 Å². The summed E-state index contributed by atoms with van der Waals surface area (Å²) in [5.74, 6) is 0.651. The molecule has 0 aliphatic rings. The van der Waals surface area contributed by atoms with Gasteiger partial charge in [-0.2, -0.15) is 0 Å². The van der Waals surface area contributed by atoms with E-state index in [0.717, 1.165) is 16.9 Å². The molecule has 0 atom stereocenters. The fourth-order valence-corrected chi connectivity index (χ4v) is 1.60. The molecule has 0 aliphatic heterocycles. The van der Waals surface area contributed by atoms with Crippen LogP contribution < -0.4 is 4.74 Å². The number of benzene rings is 1. The van der Waals surface area contributed by atoms with E-state index in [4.69, 9.17) is 4.74 Å². The number of rotatable bonds is 5. The second-order valence-electron chi connectivity index (χ2n) is 3.65. The average molecular weight is 234 g/mol. The number of hydrogen-bond donors (Lipinski definition) is 0. The number of ether oxygens (including phenoxy) is 2. The van der Waals surface area contributed by atoms with Crippen molar-refractivity contribution in [2.75, 3.05) is 14.2 Å². The lowest BCUT2D eigenvalue weighted by molar-refractivity contribution is -0.140. The highest BCUT2D eigenvalue weighted by Crippen LogP contribution is 2.22. The quantitative estimate of drug-likeness (QED) is 0.735. The Labute approximate surface area is 102 Å². The Hall–Kier alpha value is -1.77. The number of hydrogen-bond acceptors (Lipinski definition) is 3. The largest absolute Gasteiger partial charge is 0.496 e. The van der Waals surface area contributed by atoms with Crippen molar-refractivity contribution in [1.29, 1.82) is 0 Å². The molecule has 0 aromatic heterocycles. The molecule has 0 radical (unpaired) electrons. The van der Waals surface area contributed by atoms with E-state index in [1.165, 1.54) is 7.11 Å². The summed E-state index contributed by atoms with van der Waals surface area (Å²) in [5.41, 5.74) is 2.13. The van der Waals surface area contributed by atoms with Crippen LogP contribution in [-0.2, 0) is 16.0 Å². The van der Waals surface area contributed by atoms with Crippen molar-refractivity contribution in [3.05, 3.63) is 35.4 Å². The van der Waals surface area contributed by atoms with Gasteiger partial charge >= 0.3 is 5.97 Å². The van der Waals surface area contributed by atoms with Crippen molar-refractivity contribution in [3.8, 4) is 5.75 Å². The fourth-order valence-electron chi connectivity index (χ4n) is 1.60. The summed E-state index contributed by atoms with van der Waals surface area (Å²) in [7, 11) is 3.05. The van der Waals surface area contributed by atoms with E-state index < -0.39 is 0 Å². The Morgan fingerprint density at radius 3 is 2.71 bits per heavy atom. The number of carbonyl (C=O) groups excluding carboxylic acids is 1. The van der Waals surface area contributed by atoms with Gasteiger partial charge in [-0.3, -0.25) is 4.79 Å². The maximum atomic E-state index is 11.1. The number of allylic oxidation sites excluding steroid dienone is 1. The first-order valence-corrected chi connectivity index (χ1v) is 5.57. The molecule has 1 aromatic carbocycles. The third-order valence-electron chi connectivity index (χ3n) is 2.49. The smallest absolute Gasteiger partial charge is 0.305 e. The molecule has 0 unspecified atom stereocenters. The maximum Gasteiger partial charge on any atom is 0.305 e. The summed E-state index contributed by atoms with van der Waals surface area (Å²) in [6.45, 7) is 1.96. The van der Waals surface area contributed by atoms with Crippen LogP contribution in [-0.4, -0.2) is 20.2 Å². The molecule has 0 saturated heterocycles. The number of aryl methyl sites for hydroxylation is 1. The first-order chi connectivity index (χ1) is 8.21. The first-order valence-electron chi connectivity index (χ1n) is 5.57. The average Bonchev–Trinajstić information content (AvgIpc) is 2.36. The minimum absolute atomic E-state index is 0.187. The molecule has 0 spiro atoms. The number of carbonyl (C=O) groups is 1. The van der Waals surface area contributed by atoms with Gasteiger partial charge in [0.25, 0.3) is 0 Å². The molecule has 0 heterocycles. The summed E-state index contributed by atoms with van der Waals surface area (Å²) < 4.78 is 9.87. The lowest BCUT2D eigenvalue weighted by atomic mass is 10.1. The van der Waals surface area contributed by atoms with Gasteiger partial charge in [-0.05, 0) is 31.0 Å². The summed E-state index contributed by atoms with van der Waals surface area (Å²) in [6.07, 6.45) is 5.03. The minimum atomic E-state index is -0.187. The molecule has 17 heavy (non-hydrogen) atoms. The van der Waals surface area contributed by atoms with Gasteiger partial charge in [-0.25, -0.2) is 0 Å². The summed E-state index contributed by atoms with van der Waals surface area (Å²) >= 11 is 0. The number of esters is 1. The normalized spacial score (nSPS) is 10.5. The highest BCUT2D eigenvalue weighted by Gasteiger charge is 2.04. The SMILES string of the molecule is C/C=C/c1cc(CCC(=O)OC)ccc1OC. The van der Waals surface area contributed by atoms with E-state index in [1.807, 2.05) is 37.3 Å². The molecular weight excluding hydrogens is 216 g/mol. The monoisotopic (exact) mass is 234 g/mol. The topological polar surface area (TPSA) is 35.5 Å². The zero-order valence-electron chi connectivity index (χ0n) is 10.5. The van der Waals surface area contributed by atoms with Crippen molar-refractivity contribution < 1.29 is 14.3 Å². The Bertz CT molecular complexity index is 408. The highest BCUT2D eigenvalue weighted by atomic mass is 16.5. The van der Waals surface area contributed by atoms with E-state index in [1.54, 1.807) is 7.11 Å². The Balaban J connectivity index is 2.81. The Morgan fingerprint density at radius 1 is 1.35 bits per heavy atom. The van der Waals surface area contributed by atoms with E-state index in [9.17, 15) is 4.79 Å². The van der Waals surface area contributed by atoms with Gasteiger partial charge in [0.05, 0.1) is 14.2 Å². The van der Waals surface area contributed by atoms with Gasteiger partial charge < -0.3 is 9.47 Å². The van der Waals surface area contributed by atoms with Crippen LogP contribution in [0.2, 0.25) is 0 Å². The van der Waals surface area contributed by atoms with E-state index in [-0.39, 0.29) is 5.97 Å². The zero-order valence-corrected chi connectivity index (χ0v) is 10.5. The summed E-state index contributed by atoms with van der Waals surface area (Å²) in [6, 6.07) is 5.92. The van der Waals surface area contributed by atoms with Gasteiger partial charge in [0.2, 0.25) is 0 Å². The van der Waals surface area contributed by atoms with Crippen LogP contribution in [0.1, 0.15) is 24.5 Å². The molecular formula is C14H18O3. The molecule has 0 aliphatic carbocycles. The van der Waals surface area contributed by atoms with Crippen LogP contribution >= 0.6 is 0 Å². The van der Waals surface area contributed by atoms with E-state index in [0.29, 0.717) is 12.8 Å². The van der Waals surface area contributed by atoms with Crippen LogP contribution in [0.25, 0.3) is 6.08 Å². The van der Waals surface area contributed by atoms with Crippen molar-refractivity contribution in [2.24, 2.45) is 0 Å². The van der Waals surface area contributed by atoms with Gasteiger partial charge in [-0.15, -0.1) is 0 Å². The van der Waals surface area contributed by atoms with E-state index >= 15 is 0 Å². The third kappa shape index (κ3) is 3.94. The van der Waals surface area contributed by atoms with Gasteiger partial charge in [0, 0.05) is 12.0 Å². The lowest BCUT2D eigenvalue weighted by Gasteiger charge is -2.07. The molecule has 0 N–H and O–H groups in total. The summed E-state index contributed by atoms with van der Waals surface area (Å²) in [5, 5.41) is 0. The summed E-state index contributed by atoms with van der Waals surface area (Å²) in [4.78, 5) is 11.1. The van der Waals surface area contributed by atoms with Crippen LogP contribution in [0.5, 0.6) is 5.75 Å². The van der Waals surface area contributed by atoms with Gasteiger partial charge in [0.15, 0.2) is 0 Å². The molecule has 3 heteroatoms. The van der Waals surface area contributed by atoms with Crippen LogP contribution in [0, 0.1) is 0 Å². The number of methoxy groups -OCH3 is 2. The molecule has 0 fully saturated rings. The van der Waals surface area contributed by atoms with Crippen molar-refractivity contribution in [1.82, 2.24) is 0 Å². The van der Waals surface area contributed by atoms with Crippen molar-refractivity contribution >= 4 is 12.0 Å². The Kier molecular flexibility index (Phi) is 5.27. The predicted octanol–water partition coefficient (Wildman–Crippen LogP) is 2.83. The lowest BCUT2D eigenvalue weighted by Crippen LogP contribution is -2.02. The molecule has 0 amide bonds. The van der Waals surface area contributed by atoms with Crippen molar-refractivity contribution in [2.45, 2.75) is 19.8 Å². The minimum Gasteiger partial charge on any atom is -0.496 e. The van der Waals surface area contributed by atoms with Gasteiger partial charge in [0.1, 0.15) is 5.75 Å². The zero-order chi connectivity index (χ0) is 12.7. The molecule has 1 aromatic rings.